The van der Waals surface area contributed by atoms with Gasteiger partial charge in [-0.1, -0.05) is 17.2 Å². The molecule has 2 atom stereocenters. The van der Waals surface area contributed by atoms with Gasteiger partial charge in [0.2, 0.25) is 5.89 Å². The van der Waals surface area contributed by atoms with E-state index in [0.717, 1.165) is 25.3 Å². The van der Waals surface area contributed by atoms with E-state index in [1.54, 1.807) is 6.92 Å². The maximum absolute atomic E-state index is 13.8. The van der Waals surface area contributed by atoms with E-state index in [4.69, 9.17) is 9.15 Å². The topological polar surface area (TPSA) is 63.4 Å². The van der Waals surface area contributed by atoms with Crippen molar-refractivity contribution in [1.29, 1.82) is 0 Å². The number of alkyl halides is 1. The van der Waals surface area contributed by atoms with Gasteiger partial charge < -0.3 is 19.4 Å². The minimum Gasteiger partial charge on any atom is -0.493 e. The van der Waals surface area contributed by atoms with Crippen LogP contribution in [0, 0.1) is 6.92 Å². The predicted molar refractivity (Wildman–Crippen MR) is 87.0 cm³/mol. The molecule has 128 valence electrons. The van der Waals surface area contributed by atoms with Gasteiger partial charge in [0, 0.05) is 38.9 Å². The predicted octanol–water partition coefficient (Wildman–Crippen LogP) is 2.02. The Morgan fingerprint density at radius 2 is 2.29 bits per heavy atom. The van der Waals surface area contributed by atoms with E-state index in [2.05, 4.69) is 27.6 Å². The van der Waals surface area contributed by atoms with E-state index in [9.17, 15) is 4.39 Å². The van der Waals surface area contributed by atoms with Crippen LogP contribution in [0.5, 0.6) is 5.75 Å². The molecule has 2 aliphatic heterocycles. The third-order valence-corrected chi connectivity index (χ3v) is 4.59. The molecule has 0 amide bonds. The van der Waals surface area contributed by atoms with E-state index in [0.29, 0.717) is 31.4 Å². The van der Waals surface area contributed by atoms with Crippen LogP contribution in [0.1, 0.15) is 23.4 Å². The lowest BCUT2D eigenvalue weighted by atomic mass is 10.1. The lowest BCUT2D eigenvalue weighted by Gasteiger charge is -2.22. The van der Waals surface area contributed by atoms with Gasteiger partial charge in [-0.3, -0.25) is 0 Å². The fourth-order valence-electron chi connectivity index (χ4n) is 3.42. The summed E-state index contributed by atoms with van der Waals surface area (Å²) < 4.78 is 24.8. The number of nitrogens with zero attached hydrogens (tertiary/aromatic N) is 3. The van der Waals surface area contributed by atoms with Gasteiger partial charge in [0.05, 0.1) is 13.2 Å². The second-order valence-electron chi connectivity index (χ2n) is 6.41. The van der Waals surface area contributed by atoms with Crippen LogP contribution in [-0.4, -0.2) is 42.1 Å². The third kappa shape index (κ3) is 3.08. The van der Waals surface area contributed by atoms with Crippen molar-refractivity contribution in [2.24, 2.45) is 0 Å². The van der Waals surface area contributed by atoms with Crippen molar-refractivity contribution < 1.29 is 13.5 Å². The molecule has 2 aliphatic rings. The summed E-state index contributed by atoms with van der Waals surface area (Å²) in [7, 11) is 0. The molecule has 7 heteroatoms. The first-order chi connectivity index (χ1) is 11.7. The summed E-state index contributed by atoms with van der Waals surface area (Å²) >= 11 is 0. The third-order valence-electron chi connectivity index (χ3n) is 4.59. The van der Waals surface area contributed by atoms with Crippen molar-refractivity contribution in [1.82, 2.24) is 15.5 Å². The summed E-state index contributed by atoms with van der Waals surface area (Å²) in [6.45, 7) is 4.24. The van der Waals surface area contributed by atoms with Crippen LogP contribution in [0.3, 0.4) is 0 Å². The molecular formula is C17H21FN4O2. The molecule has 0 aliphatic carbocycles. The molecule has 1 aromatic heterocycles. The molecule has 4 rings (SSSR count). The van der Waals surface area contributed by atoms with Gasteiger partial charge in [-0.05, 0) is 17.2 Å². The monoisotopic (exact) mass is 332 g/mol. The summed E-state index contributed by atoms with van der Waals surface area (Å²) in [5, 5.41) is 11.3. The van der Waals surface area contributed by atoms with Crippen LogP contribution in [0.15, 0.2) is 22.6 Å². The van der Waals surface area contributed by atoms with Crippen molar-refractivity contribution >= 4 is 6.01 Å². The first-order valence-electron chi connectivity index (χ1n) is 8.35. The number of rotatable bonds is 5. The Labute approximate surface area is 140 Å². The van der Waals surface area contributed by atoms with Gasteiger partial charge in [0.25, 0.3) is 0 Å². The lowest BCUT2D eigenvalue weighted by molar-refractivity contribution is 0.354. The Bertz CT molecular complexity index is 720. The zero-order chi connectivity index (χ0) is 16.5. The van der Waals surface area contributed by atoms with Gasteiger partial charge in [-0.15, -0.1) is 5.10 Å². The zero-order valence-corrected chi connectivity index (χ0v) is 13.7. The molecule has 1 aromatic carbocycles. The molecule has 1 fully saturated rings. The first kappa shape index (κ1) is 15.4. The summed E-state index contributed by atoms with van der Waals surface area (Å²) in [6, 6.07) is 6.72. The summed E-state index contributed by atoms with van der Waals surface area (Å²) in [5.74, 6) is 1.49. The van der Waals surface area contributed by atoms with E-state index in [1.807, 2.05) is 11.0 Å². The maximum Gasteiger partial charge on any atom is 0.318 e. The molecule has 0 spiro atoms. The first-order valence-corrected chi connectivity index (χ1v) is 8.35. The number of hydrogen-bond donors (Lipinski definition) is 1. The van der Waals surface area contributed by atoms with Crippen LogP contribution in [0.2, 0.25) is 0 Å². The SMILES string of the molecule is Cc1nnc(N2C[C@@H](F)C[C@H]2CNCc2ccc3c(c2)CCO3)o1. The Balaban J connectivity index is 1.36. The number of ether oxygens (including phenoxy) is 1. The van der Waals surface area contributed by atoms with Crippen molar-refractivity contribution in [3.8, 4) is 5.75 Å². The normalized spacial score (nSPS) is 22.7. The lowest BCUT2D eigenvalue weighted by Crippen LogP contribution is -2.38. The van der Waals surface area contributed by atoms with Crippen LogP contribution >= 0.6 is 0 Å². The molecule has 24 heavy (non-hydrogen) atoms. The number of aromatic nitrogens is 2. The molecule has 2 aromatic rings. The molecule has 0 unspecified atom stereocenters. The van der Waals surface area contributed by atoms with Gasteiger partial charge in [0.1, 0.15) is 11.9 Å². The van der Waals surface area contributed by atoms with E-state index >= 15 is 0 Å². The van der Waals surface area contributed by atoms with Crippen molar-refractivity contribution in [3.05, 3.63) is 35.2 Å². The summed E-state index contributed by atoms with van der Waals surface area (Å²) in [5.41, 5.74) is 2.48. The average molecular weight is 332 g/mol. The average Bonchev–Trinajstić information content (AvgIpc) is 3.27. The highest BCUT2D eigenvalue weighted by atomic mass is 19.1. The Kier molecular flexibility index (Phi) is 4.10. The summed E-state index contributed by atoms with van der Waals surface area (Å²) in [4.78, 5) is 1.87. The molecule has 1 saturated heterocycles. The van der Waals surface area contributed by atoms with Crippen LogP contribution in [0.4, 0.5) is 10.4 Å². The minimum absolute atomic E-state index is 0.0256. The highest BCUT2D eigenvalue weighted by Gasteiger charge is 2.34. The fraction of sp³-hybridized carbons (Fsp3) is 0.529. The number of halogens is 1. The van der Waals surface area contributed by atoms with Gasteiger partial charge in [0.15, 0.2) is 0 Å². The second kappa shape index (κ2) is 6.39. The van der Waals surface area contributed by atoms with Gasteiger partial charge >= 0.3 is 6.01 Å². The zero-order valence-electron chi connectivity index (χ0n) is 13.7. The Morgan fingerprint density at radius 1 is 1.38 bits per heavy atom. The molecule has 1 N–H and O–H groups in total. The largest absolute Gasteiger partial charge is 0.493 e. The molecule has 0 saturated carbocycles. The van der Waals surface area contributed by atoms with Gasteiger partial charge in [-0.25, -0.2) is 4.39 Å². The number of aryl methyl sites for hydroxylation is 1. The number of anilines is 1. The summed E-state index contributed by atoms with van der Waals surface area (Å²) in [6.07, 6.45) is 0.590. The number of benzene rings is 1. The standard InChI is InChI=1S/C17H21FN4O2/c1-11-20-21-17(24-11)22-10-14(18)7-15(22)9-19-8-12-2-3-16-13(6-12)4-5-23-16/h2-3,6,14-15,19H,4-5,7-10H2,1H3/t14-,15-/m0/s1. The Morgan fingerprint density at radius 3 is 3.12 bits per heavy atom. The van der Waals surface area contributed by atoms with E-state index in [1.165, 1.54) is 11.1 Å². The Hall–Kier alpha value is -2.15. The highest BCUT2D eigenvalue weighted by molar-refractivity contribution is 5.39. The highest BCUT2D eigenvalue weighted by Crippen LogP contribution is 2.27. The van der Waals surface area contributed by atoms with Crippen molar-refractivity contribution in [2.45, 2.75) is 38.5 Å². The maximum atomic E-state index is 13.8. The number of fused-ring (bicyclic) bond motifs is 1. The van der Waals surface area contributed by atoms with Gasteiger partial charge in [-0.2, -0.15) is 0 Å². The quantitative estimate of drug-likeness (QED) is 0.904. The molecular weight excluding hydrogens is 311 g/mol. The van der Waals surface area contributed by atoms with Crippen LogP contribution in [-0.2, 0) is 13.0 Å². The van der Waals surface area contributed by atoms with Crippen LogP contribution < -0.4 is 15.0 Å². The van der Waals surface area contributed by atoms with E-state index < -0.39 is 6.17 Å². The van der Waals surface area contributed by atoms with Crippen molar-refractivity contribution in [3.63, 3.8) is 0 Å². The molecule has 3 heterocycles. The molecule has 0 radical (unpaired) electrons. The minimum atomic E-state index is -0.860. The fourth-order valence-corrected chi connectivity index (χ4v) is 3.42. The number of nitrogens with one attached hydrogen (secondary N) is 1. The molecule has 0 bridgehead atoms. The van der Waals surface area contributed by atoms with E-state index in [-0.39, 0.29) is 6.04 Å². The second-order valence-corrected chi connectivity index (χ2v) is 6.41. The smallest absolute Gasteiger partial charge is 0.318 e. The van der Waals surface area contributed by atoms with Crippen molar-refractivity contribution in [2.75, 3.05) is 24.6 Å². The molecule has 6 nitrogen and oxygen atoms in total. The number of hydrogen-bond acceptors (Lipinski definition) is 6. The van der Waals surface area contributed by atoms with Crippen LogP contribution in [0.25, 0.3) is 0 Å².